The zero-order chi connectivity index (χ0) is 16.4. The number of amides is 1. The molecule has 0 aromatic carbocycles. The van der Waals surface area contributed by atoms with Gasteiger partial charge in [-0.05, 0) is 45.4 Å². The van der Waals surface area contributed by atoms with Gasteiger partial charge in [0.25, 0.3) is 5.91 Å². The lowest BCUT2D eigenvalue weighted by Gasteiger charge is -2.11. The summed E-state index contributed by atoms with van der Waals surface area (Å²) in [4.78, 5) is 27.1. The van der Waals surface area contributed by atoms with Gasteiger partial charge in [-0.25, -0.2) is 4.79 Å². The first-order valence-corrected chi connectivity index (χ1v) is 6.99. The number of hydrogen-bond acceptors (Lipinski definition) is 4. The lowest BCUT2D eigenvalue weighted by atomic mass is 10.1. The molecule has 118 valence electrons. The van der Waals surface area contributed by atoms with Gasteiger partial charge in [-0.1, -0.05) is 0 Å². The van der Waals surface area contributed by atoms with E-state index in [-0.39, 0.29) is 11.9 Å². The van der Waals surface area contributed by atoms with Crippen LogP contribution in [-0.2, 0) is 4.74 Å². The number of carbonyl (C=O) groups excluding carboxylic acids is 2. The van der Waals surface area contributed by atoms with Crippen LogP contribution < -0.4 is 5.32 Å². The second-order valence-electron chi connectivity index (χ2n) is 5.26. The topological polar surface area (TPSA) is 84.3 Å². The van der Waals surface area contributed by atoms with Crippen molar-refractivity contribution >= 4 is 11.9 Å². The third kappa shape index (κ3) is 2.90. The Morgan fingerprint density at radius 1 is 1.27 bits per heavy atom. The number of rotatable bonds is 4. The fraction of sp³-hybridized carbons (Fsp3) is 0.375. The Kier molecular flexibility index (Phi) is 4.40. The second kappa shape index (κ2) is 6.09. The normalized spacial score (nSPS) is 12.0. The van der Waals surface area contributed by atoms with Crippen LogP contribution in [0.25, 0.3) is 0 Å². The third-order valence-corrected chi connectivity index (χ3v) is 3.59. The molecule has 0 aliphatic rings. The minimum absolute atomic E-state index is 0.272. The number of furan rings is 1. The maximum atomic E-state index is 12.4. The molecule has 0 saturated heterocycles. The molecule has 0 spiro atoms. The molecule has 1 amide bonds. The lowest BCUT2D eigenvalue weighted by Crippen LogP contribution is -2.27. The SMILES string of the molecule is COC(=O)c1c(C)[nH]c(C(=O)NC(C)c2ccc(C)o2)c1C. The standard InChI is InChI=1S/C16H20N2O4/c1-8-6-7-12(22-8)10(3)18-15(19)14-9(2)13(11(4)17-14)16(20)21-5/h6-7,10,17H,1-5H3,(H,18,19). The van der Waals surface area contributed by atoms with E-state index in [0.29, 0.717) is 28.3 Å². The Labute approximate surface area is 128 Å². The molecule has 2 aromatic rings. The van der Waals surface area contributed by atoms with Gasteiger partial charge in [0, 0.05) is 5.69 Å². The molecule has 22 heavy (non-hydrogen) atoms. The molecule has 0 fully saturated rings. The number of methoxy groups -OCH3 is 1. The van der Waals surface area contributed by atoms with E-state index in [1.54, 1.807) is 13.8 Å². The van der Waals surface area contributed by atoms with Gasteiger partial charge in [-0.15, -0.1) is 0 Å². The van der Waals surface area contributed by atoms with E-state index in [1.165, 1.54) is 7.11 Å². The van der Waals surface area contributed by atoms with Crippen LogP contribution in [-0.4, -0.2) is 24.0 Å². The van der Waals surface area contributed by atoms with Crippen LogP contribution in [0.15, 0.2) is 16.5 Å². The van der Waals surface area contributed by atoms with Crippen LogP contribution in [0.2, 0.25) is 0 Å². The van der Waals surface area contributed by atoms with Gasteiger partial charge in [-0.2, -0.15) is 0 Å². The minimum Gasteiger partial charge on any atom is -0.465 e. The number of hydrogen-bond donors (Lipinski definition) is 2. The Morgan fingerprint density at radius 3 is 2.50 bits per heavy atom. The van der Waals surface area contributed by atoms with Gasteiger partial charge in [0.1, 0.15) is 17.2 Å². The molecule has 2 aromatic heterocycles. The molecule has 1 atom stereocenters. The van der Waals surface area contributed by atoms with Crippen LogP contribution in [0.1, 0.15) is 56.6 Å². The molecule has 0 saturated carbocycles. The minimum atomic E-state index is -0.458. The zero-order valence-electron chi connectivity index (χ0n) is 13.4. The first kappa shape index (κ1) is 15.9. The van der Waals surface area contributed by atoms with E-state index in [4.69, 9.17) is 9.15 Å². The molecular formula is C16H20N2O4. The molecule has 2 N–H and O–H groups in total. The number of H-pyrrole nitrogens is 1. The van der Waals surface area contributed by atoms with Crippen LogP contribution in [0.3, 0.4) is 0 Å². The molecule has 0 radical (unpaired) electrons. The summed E-state index contributed by atoms with van der Waals surface area (Å²) in [6, 6.07) is 3.40. The molecule has 2 rings (SSSR count). The molecule has 0 aliphatic carbocycles. The highest BCUT2D eigenvalue weighted by Crippen LogP contribution is 2.21. The van der Waals surface area contributed by atoms with Crippen molar-refractivity contribution in [3.63, 3.8) is 0 Å². The Morgan fingerprint density at radius 2 is 1.95 bits per heavy atom. The van der Waals surface area contributed by atoms with Crippen molar-refractivity contribution in [3.05, 3.63) is 46.2 Å². The van der Waals surface area contributed by atoms with Crippen LogP contribution in [0, 0.1) is 20.8 Å². The predicted molar refractivity (Wildman–Crippen MR) is 80.9 cm³/mol. The lowest BCUT2D eigenvalue weighted by molar-refractivity contribution is 0.0599. The van der Waals surface area contributed by atoms with Crippen LogP contribution in [0.5, 0.6) is 0 Å². The predicted octanol–water partition coefficient (Wildman–Crippen LogP) is 2.81. The van der Waals surface area contributed by atoms with Gasteiger partial charge in [0.15, 0.2) is 0 Å². The molecule has 0 aliphatic heterocycles. The molecule has 6 nitrogen and oxygen atoms in total. The fourth-order valence-electron chi connectivity index (χ4n) is 2.41. The maximum Gasteiger partial charge on any atom is 0.339 e. The quantitative estimate of drug-likeness (QED) is 0.851. The number of carbonyl (C=O) groups is 2. The summed E-state index contributed by atoms with van der Waals surface area (Å²) in [5.74, 6) is 0.716. The second-order valence-corrected chi connectivity index (χ2v) is 5.26. The van der Waals surface area contributed by atoms with E-state index in [9.17, 15) is 9.59 Å². The number of nitrogens with one attached hydrogen (secondary N) is 2. The average molecular weight is 304 g/mol. The smallest absolute Gasteiger partial charge is 0.339 e. The summed E-state index contributed by atoms with van der Waals surface area (Å²) >= 11 is 0. The van der Waals surface area contributed by atoms with Crippen molar-refractivity contribution in [1.29, 1.82) is 0 Å². The summed E-state index contributed by atoms with van der Waals surface area (Å²) in [5, 5.41) is 2.85. The largest absolute Gasteiger partial charge is 0.465 e. The van der Waals surface area contributed by atoms with E-state index in [0.717, 1.165) is 5.76 Å². The molecule has 6 heteroatoms. The zero-order valence-corrected chi connectivity index (χ0v) is 13.4. The highest BCUT2D eigenvalue weighted by molar-refractivity contribution is 6.00. The number of esters is 1. The van der Waals surface area contributed by atoms with Crippen molar-refractivity contribution in [2.75, 3.05) is 7.11 Å². The summed E-state index contributed by atoms with van der Waals surface area (Å²) in [6.45, 7) is 7.13. The first-order valence-electron chi connectivity index (χ1n) is 6.99. The van der Waals surface area contributed by atoms with Crippen molar-refractivity contribution in [2.45, 2.75) is 33.7 Å². The molecule has 2 heterocycles. The summed E-state index contributed by atoms with van der Waals surface area (Å²) in [7, 11) is 1.31. The van der Waals surface area contributed by atoms with Crippen molar-refractivity contribution in [3.8, 4) is 0 Å². The van der Waals surface area contributed by atoms with Gasteiger partial charge in [-0.3, -0.25) is 4.79 Å². The molecule has 0 bridgehead atoms. The Balaban J connectivity index is 2.21. The number of aryl methyl sites for hydroxylation is 2. The van der Waals surface area contributed by atoms with E-state index >= 15 is 0 Å². The number of ether oxygens (including phenoxy) is 1. The van der Waals surface area contributed by atoms with Crippen molar-refractivity contribution < 1.29 is 18.7 Å². The highest BCUT2D eigenvalue weighted by Gasteiger charge is 2.23. The van der Waals surface area contributed by atoms with Crippen LogP contribution >= 0.6 is 0 Å². The Bertz CT molecular complexity index is 712. The van der Waals surface area contributed by atoms with E-state index in [1.807, 2.05) is 26.0 Å². The average Bonchev–Trinajstić information content (AvgIpc) is 3.02. The van der Waals surface area contributed by atoms with Crippen molar-refractivity contribution in [2.24, 2.45) is 0 Å². The van der Waals surface area contributed by atoms with Gasteiger partial charge in [0.2, 0.25) is 0 Å². The first-order chi connectivity index (χ1) is 10.3. The van der Waals surface area contributed by atoms with Crippen LogP contribution in [0.4, 0.5) is 0 Å². The third-order valence-electron chi connectivity index (χ3n) is 3.59. The van der Waals surface area contributed by atoms with E-state index in [2.05, 4.69) is 10.3 Å². The maximum absolute atomic E-state index is 12.4. The highest BCUT2D eigenvalue weighted by atomic mass is 16.5. The number of aromatic nitrogens is 1. The van der Waals surface area contributed by atoms with Gasteiger partial charge >= 0.3 is 5.97 Å². The molecule has 1 unspecified atom stereocenters. The summed E-state index contributed by atoms with van der Waals surface area (Å²) in [5.41, 5.74) is 1.93. The summed E-state index contributed by atoms with van der Waals surface area (Å²) in [6.07, 6.45) is 0. The number of aromatic amines is 1. The van der Waals surface area contributed by atoms with E-state index < -0.39 is 5.97 Å². The van der Waals surface area contributed by atoms with Crippen molar-refractivity contribution in [1.82, 2.24) is 10.3 Å². The Hall–Kier alpha value is -2.50. The van der Waals surface area contributed by atoms with Gasteiger partial charge < -0.3 is 19.5 Å². The van der Waals surface area contributed by atoms with Gasteiger partial charge in [0.05, 0.1) is 18.7 Å². The monoisotopic (exact) mass is 304 g/mol. The molecular weight excluding hydrogens is 284 g/mol. The summed E-state index contributed by atoms with van der Waals surface area (Å²) < 4.78 is 10.2. The fourth-order valence-corrected chi connectivity index (χ4v) is 2.41.